The second-order valence-electron chi connectivity index (χ2n) is 6.06. The van der Waals surface area contributed by atoms with Gasteiger partial charge in [-0.05, 0) is 37.8 Å². The molecule has 6 heteroatoms. The molecule has 1 heterocycles. The van der Waals surface area contributed by atoms with Gasteiger partial charge in [-0.1, -0.05) is 47.5 Å². The maximum absolute atomic E-state index is 12.2. The van der Waals surface area contributed by atoms with Crippen molar-refractivity contribution in [3.8, 4) is 0 Å². The fourth-order valence-electron chi connectivity index (χ4n) is 2.44. The van der Waals surface area contributed by atoms with Crippen molar-refractivity contribution < 1.29 is 14.1 Å². The molecular weight excluding hydrogens is 353 g/mol. The van der Waals surface area contributed by atoms with Gasteiger partial charge in [0.2, 0.25) is 0 Å². The highest BCUT2D eigenvalue weighted by Gasteiger charge is 2.18. The van der Waals surface area contributed by atoms with Gasteiger partial charge in [-0.25, -0.2) is 4.98 Å². The van der Waals surface area contributed by atoms with Gasteiger partial charge in [0, 0.05) is 11.8 Å². The molecule has 2 rings (SSSR count). The zero-order chi connectivity index (χ0) is 18.1. The third kappa shape index (κ3) is 7.13. The summed E-state index contributed by atoms with van der Waals surface area (Å²) < 4.78 is 17.2. The molecule has 2 atom stereocenters. The van der Waals surface area contributed by atoms with E-state index in [9.17, 15) is 9.36 Å². The topological polar surface area (TPSA) is 56.3 Å². The fraction of sp³-hybridized carbons (Fsp3) is 0.474. The number of benzene rings is 1. The molecule has 0 aliphatic heterocycles. The van der Waals surface area contributed by atoms with Crippen LogP contribution >= 0.6 is 19.6 Å². The Labute approximate surface area is 154 Å². The molecule has 1 aromatic heterocycles. The van der Waals surface area contributed by atoms with E-state index in [-0.39, 0.29) is 5.97 Å². The Kier molecular flexibility index (Phi) is 8.36. The van der Waals surface area contributed by atoms with E-state index in [0.29, 0.717) is 30.6 Å². The lowest BCUT2D eigenvalue weighted by Gasteiger charge is -2.07. The Bertz CT molecular complexity index is 723. The first-order valence-electron chi connectivity index (χ1n) is 8.64. The van der Waals surface area contributed by atoms with E-state index in [4.69, 9.17) is 4.74 Å². The number of carbonyl (C=O) groups is 1. The molecule has 0 N–H and O–H groups in total. The van der Waals surface area contributed by atoms with Crippen LogP contribution in [0.3, 0.4) is 0 Å². The van der Waals surface area contributed by atoms with Crippen LogP contribution in [-0.2, 0) is 14.1 Å². The summed E-state index contributed by atoms with van der Waals surface area (Å²) in [5.74, 6) is 0.240. The highest BCUT2D eigenvalue weighted by Crippen LogP contribution is 2.33. The summed E-state index contributed by atoms with van der Waals surface area (Å²) in [7, 11) is -1.26. The summed E-state index contributed by atoms with van der Waals surface area (Å²) in [5, 5.41) is 2.03. The molecule has 4 nitrogen and oxygen atoms in total. The smallest absolute Gasteiger partial charge is 0.349 e. The monoisotopic (exact) mass is 378 g/mol. The van der Waals surface area contributed by atoms with Crippen molar-refractivity contribution in [2.24, 2.45) is 5.92 Å². The Morgan fingerprint density at radius 2 is 2.04 bits per heavy atom. The van der Waals surface area contributed by atoms with E-state index in [1.807, 2.05) is 37.3 Å². The highest BCUT2D eigenvalue weighted by atomic mass is 32.2. The van der Waals surface area contributed by atoms with Crippen LogP contribution in [0.4, 0.5) is 0 Å². The number of hydrogen-bond acceptors (Lipinski definition) is 5. The number of fused-ring (bicyclic) bond motifs is 1. The third-order valence-corrected chi connectivity index (χ3v) is 6.90. The van der Waals surface area contributed by atoms with Gasteiger partial charge in [-0.15, -0.1) is 0 Å². The molecule has 0 aliphatic carbocycles. The van der Waals surface area contributed by atoms with Crippen LogP contribution in [0.15, 0.2) is 41.4 Å². The molecule has 0 bridgehead atoms. The summed E-state index contributed by atoms with van der Waals surface area (Å²) in [6, 6.07) is 12.0. The van der Waals surface area contributed by atoms with E-state index >= 15 is 0 Å². The van der Waals surface area contributed by atoms with E-state index in [1.54, 1.807) is 11.8 Å². The van der Waals surface area contributed by atoms with Crippen molar-refractivity contribution in [3.05, 3.63) is 36.4 Å². The summed E-state index contributed by atoms with van der Waals surface area (Å²) in [4.78, 5) is 15.9. The molecule has 0 saturated heterocycles. The normalized spacial score (nSPS) is 12.8. The Morgan fingerprint density at radius 1 is 1.24 bits per heavy atom. The quantitative estimate of drug-likeness (QED) is 0.311. The van der Waals surface area contributed by atoms with Gasteiger partial charge in [-0.2, -0.15) is 0 Å². The van der Waals surface area contributed by atoms with Gasteiger partial charge in [-0.3, -0.25) is 4.79 Å². The average Bonchev–Trinajstić information content (AvgIpc) is 2.63. The van der Waals surface area contributed by atoms with E-state index in [1.165, 1.54) is 0 Å². The van der Waals surface area contributed by atoms with Gasteiger partial charge in [0.1, 0.15) is 11.2 Å². The molecule has 0 spiro atoms. The molecule has 0 amide bonds. The number of pyridine rings is 1. The molecule has 134 valence electrons. The van der Waals surface area contributed by atoms with Crippen LogP contribution in [0.25, 0.3) is 10.9 Å². The van der Waals surface area contributed by atoms with Crippen molar-refractivity contribution in [1.82, 2.24) is 4.98 Å². The van der Waals surface area contributed by atoms with Crippen molar-refractivity contribution in [1.29, 1.82) is 0 Å². The molecule has 0 radical (unpaired) electrons. The van der Waals surface area contributed by atoms with Crippen LogP contribution < -0.4 is 0 Å². The van der Waals surface area contributed by atoms with Crippen molar-refractivity contribution in [2.45, 2.75) is 38.1 Å². The Balaban J connectivity index is 1.70. The predicted molar refractivity (Wildman–Crippen MR) is 105 cm³/mol. The second-order valence-corrected chi connectivity index (χ2v) is 9.21. The Hall–Kier alpha value is -1.45. The van der Waals surface area contributed by atoms with Crippen molar-refractivity contribution >= 4 is 36.4 Å². The molecule has 2 aromatic rings. The lowest BCUT2D eigenvalue weighted by molar-refractivity contribution is -0.143. The zero-order valence-electron chi connectivity index (χ0n) is 14.8. The van der Waals surface area contributed by atoms with Crippen LogP contribution in [-0.4, -0.2) is 29.2 Å². The summed E-state index contributed by atoms with van der Waals surface area (Å²) in [6.45, 7) is 4.34. The van der Waals surface area contributed by atoms with Gasteiger partial charge in [0.05, 0.1) is 12.1 Å². The minimum Gasteiger partial charge on any atom is -0.466 e. The number of thioether (sulfide) groups is 1. The SMILES string of the molecule is CCOC(=O)CCC(C)CC[P+](=O)CSc1ccc2ccccc2n1. The van der Waals surface area contributed by atoms with Crippen LogP contribution in [0.5, 0.6) is 0 Å². The first-order valence-corrected chi connectivity index (χ1v) is 11.3. The minimum absolute atomic E-state index is 0.142. The summed E-state index contributed by atoms with van der Waals surface area (Å²) >= 11 is 1.55. The summed E-state index contributed by atoms with van der Waals surface area (Å²) in [5.41, 5.74) is 1.56. The first-order chi connectivity index (χ1) is 12.1. The van der Waals surface area contributed by atoms with Crippen LogP contribution in [0, 0.1) is 5.92 Å². The minimum atomic E-state index is -1.26. The molecule has 0 saturated carbocycles. The molecule has 0 fully saturated rings. The molecule has 0 aliphatic rings. The standard InChI is InChI=1S/C19H25NO3PS/c1-3-23-19(21)11-8-15(2)12-13-24(22)14-25-18-10-9-16-6-4-5-7-17(16)20-18/h4-7,9-10,15H,3,8,11-14H2,1-2H3/q+1. The van der Waals surface area contributed by atoms with Gasteiger partial charge in [0.15, 0.2) is 5.49 Å². The number of para-hydroxylation sites is 1. The number of esters is 1. The van der Waals surface area contributed by atoms with Gasteiger partial charge < -0.3 is 4.74 Å². The molecule has 25 heavy (non-hydrogen) atoms. The maximum Gasteiger partial charge on any atom is 0.349 e. The molecule has 2 unspecified atom stereocenters. The summed E-state index contributed by atoms with van der Waals surface area (Å²) in [6.07, 6.45) is 2.81. The van der Waals surface area contributed by atoms with Gasteiger partial charge >= 0.3 is 13.8 Å². The number of carbonyl (C=O) groups excluding carboxylic acids is 1. The lowest BCUT2D eigenvalue weighted by atomic mass is 10.0. The number of rotatable bonds is 10. The largest absolute Gasteiger partial charge is 0.466 e. The van der Waals surface area contributed by atoms with Crippen LogP contribution in [0.1, 0.15) is 33.1 Å². The zero-order valence-corrected chi connectivity index (χ0v) is 16.5. The average molecular weight is 378 g/mol. The number of ether oxygens (including phenoxy) is 1. The Morgan fingerprint density at radius 3 is 2.84 bits per heavy atom. The van der Waals surface area contributed by atoms with Crippen LogP contribution in [0.2, 0.25) is 0 Å². The fourth-order valence-corrected chi connectivity index (χ4v) is 5.11. The maximum atomic E-state index is 12.2. The first kappa shape index (κ1) is 19.9. The van der Waals surface area contributed by atoms with E-state index < -0.39 is 7.80 Å². The van der Waals surface area contributed by atoms with Crippen molar-refractivity contribution in [3.63, 3.8) is 0 Å². The molecular formula is C19H25NO3PS+. The van der Waals surface area contributed by atoms with Gasteiger partial charge in [0.25, 0.3) is 0 Å². The second kappa shape index (κ2) is 10.5. The highest BCUT2D eigenvalue weighted by molar-refractivity contribution is 8.03. The van der Waals surface area contributed by atoms with E-state index in [0.717, 1.165) is 28.8 Å². The lowest BCUT2D eigenvalue weighted by Crippen LogP contribution is -2.07. The predicted octanol–water partition coefficient (Wildman–Crippen LogP) is 5.48. The third-order valence-electron chi connectivity index (χ3n) is 3.95. The van der Waals surface area contributed by atoms with Crippen molar-refractivity contribution in [2.75, 3.05) is 18.3 Å². The number of nitrogens with zero attached hydrogens (tertiary/aromatic N) is 1. The van der Waals surface area contributed by atoms with E-state index in [2.05, 4.69) is 18.0 Å². The number of aromatic nitrogens is 1. The number of hydrogen-bond donors (Lipinski definition) is 0. The molecule has 1 aromatic carbocycles.